The van der Waals surface area contributed by atoms with E-state index < -0.39 is 9.84 Å². The van der Waals surface area contributed by atoms with E-state index in [2.05, 4.69) is 27.3 Å². The molecule has 4 aromatic rings. The van der Waals surface area contributed by atoms with Gasteiger partial charge in [-0.1, -0.05) is 36.4 Å². The zero-order valence-electron chi connectivity index (χ0n) is 20.1. The second kappa shape index (κ2) is 9.67. The molecule has 3 heterocycles. The van der Waals surface area contributed by atoms with Crippen LogP contribution >= 0.6 is 0 Å². The fourth-order valence-electron chi connectivity index (χ4n) is 4.44. The Morgan fingerprint density at radius 1 is 0.917 bits per heavy atom. The fraction of sp³-hybridized carbons (Fsp3) is 0.222. The van der Waals surface area contributed by atoms with Gasteiger partial charge in [-0.05, 0) is 41.0 Å². The van der Waals surface area contributed by atoms with Crippen LogP contribution in [-0.2, 0) is 16.9 Å². The summed E-state index contributed by atoms with van der Waals surface area (Å²) < 4.78 is 25.0. The number of anilines is 1. The van der Waals surface area contributed by atoms with Crippen LogP contribution in [0.3, 0.4) is 0 Å². The maximum absolute atomic E-state index is 12.7. The molecule has 0 unspecified atom stereocenters. The van der Waals surface area contributed by atoms with Crippen LogP contribution in [0.25, 0.3) is 22.4 Å². The number of sulfone groups is 1. The summed E-state index contributed by atoms with van der Waals surface area (Å²) in [5.74, 6) is 0.642. The van der Waals surface area contributed by atoms with E-state index in [0.717, 1.165) is 35.3 Å². The van der Waals surface area contributed by atoms with E-state index in [1.54, 1.807) is 42.2 Å². The zero-order valence-corrected chi connectivity index (χ0v) is 20.9. The van der Waals surface area contributed by atoms with Crippen molar-refractivity contribution in [3.63, 3.8) is 0 Å². The molecule has 0 bridgehead atoms. The van der Waals surface area contributed by atoms with Crippen molar-refractivity contribution in [3.8, 4) is 22.4 Å². The molecule has 0 radical (unpaired) electrons. The van der Waals surface area contributed by atoms with E-state index in [4.69, 9.17) is 4.98 Å². The van der Waals surface area contributed by atoms with Gasteiger partial charge in [0, 0.05) is 63.0 Å². The number of piperazine rings is 1. The summed E-state index contributed by atoms with van der Waals surface area (Å²) in [5.41, 5.74) is 4.49. The van der Waals surface area contributed by atoms with E-state index in [-0.39, 0.29) is 11.6 Å². The van der Waals surface area contributed by atoms with Crippen LogP contribution in [0.15, 0.2) is 88.8 Å². The molecule has 0 aliphatic carbocycles. The van der Waals surface area contributed by atoms with Crippen LogP contribution in [0.5, 0.6) is 0 Å². The highest BCUT2D eigenvalue weighted by Gasteiger charge is 2.24. The van der Waals surface area contributed by atoms with E-state index in [9.17, 15) is 13.2 Å². The first kappa shape index (κ1) is 23.9. The van der Waals surface area contributed by atoms with Crippen LogP contribution in [-0.4, -0.2) is 48.8 Å². The number of nitrogens with zero attached hydrogens (tertiary/aromatic N) is 4. The molecule has 1 atom stereocenters. The topological polar surface area (TPSA) is 97.2 Å². The summed E-state index contributed by atoms with van der Waals surface area (Å²) in [5, 5.41) is 3.57. The predicted octanol–water partition coefficient (Wildman–Crippen LogP) is 3.06. The maximum Gasteiger partial charge on any atom is 0.255 e. The number of pyridine rings is 1. The molecule has 2 aromatic carbocycles. The van der Waals surface area contributed by atoms with Crippen molar-refractivity contribution in [3.05, 3.63) is 95.0 Å². The molecule has 1 aliphatic heterocycles. The Labute approximate surface area is 210 Å². The highest BCUT2D eigenvalue weighted by molar-refractivity contribution is 7.90. The molecule has 0 spiro atoms. The summed E-state index contributed by atoms with van der Waals surface area (Å²) in [7, 11) is -1.47. The van der Waals surface area contributed by atoms with Gasteiger partial charge < -0.3 is 10.2 Å². The third kappa shape index (κ3) is 4.93. The fourth-order valence-corrected chi connectivity index (χ4v) is 5.07. The second-order valence-corrected chi connectivity index (χ2v) is 11.0. The number of benzene rings is 2. The summed E-state index contributed by atoms with van der Waals surface area (Å²) in [6.07, 6.45) is 4.59. The third-order valence-electron chi connectivity index (χ3n) is 6.47. The molecule has 36 heavy (non-hydrogen) atoms. The van der Waals surface area contributed by atoms with Gasteiger partial charge in [-0.2, -0.15) is 0 Å². The first-order chi connectivity index (χ1) is 17.3. The van der Waals surface area contributed by atoms with Gasteiger partial charge in [0.2, 0.25) is 5.95 Å². The molecule has 0 amide bonds. The van der Waals surface area contributed by atoms with Crippen molar-refractivity contribution in [1.29, 1.82) is 0 Å². The Kier molecular flexibility index (Phi) is 6.42. The first-order valence-corrected chi connectivity index (χ1v) is 13.6. The summed E-state index contributed by atoms with van der Waals surface area (Å²) in [4.78, 5) is 24.0. The van der Waals surface area contributed by atoms with E-state index >= 15 is 0 Å². The summed E-state index contributed by atoms with van der Waals surface area (Å²) >= 11 is 0. The highest BCUT2D eigenvalue weighted by Crippen LogP contribution is 2.26. The lowest BCUT2D eigenvalue weighted by Gasteiger charge is -2.35. The van der Waals surface area contributed by atoms with Crippen molar-refractivity contribution in [2.75, 3.05) is 30.8 Å². The number of rotatable bonds is 5. The predicted molar refractivity (Wildman–Crippen MR) is 141 cm³/mol. The molecule has 1 N–H and O–H groups in total. The second-order valence-electron chi connectivity index (χ2n) is 8.95. The third-order valence-corrected chi connectivity index (χ3v) is 7.60. The van der Waals surface area contributed by atoms with Gasteiger partial charge >= 0.3 is 0 Å². The Bertz CT molecular complexity index is 1530. The van der Waals surface area contributed by atoms with E-state index in [0.29, 0.717) is 23.1 Å². The van der Waals surface area contributed by atoms with Crippen molar-refractivity contribution < 1.29 is 8.42 Å². The van der Waals surface area contributed by atoms with Gasteiger partial charge in [0.25, 0.3) is 5.56 Å². The molecule has 9 heteroatoms. The van der Waals surface area contributed by atoms with Crippen molar-refractivity contribution in [1.82, 2.24) is 19.9 Å². The van der Waals surface area contributed by atoms with Crippen LogP contribution in [0, 0.1) is 0 Å². The van der Waals surface area contributed by atoms with Crippen molar-refractivity contribution in [2.45, 2.75) is 10.9 Å². The maximum atomic E-state index is 12.7. The van der Waals surface area contributed by atoms with Crippen LogP contribution in [0.2, 0.25) is 0 Å². The van der Waals surface area contributed by atoms with Gasteiger partial charge in [0.1, 0.15) is 0 Å². The Balaban J connectivity index is 1.37. The lowest BCUT2D eigenvalue weighted by atomic mass is 9.99. The zero-order chi connectivity index (χ0) is 25.3. The molecule has 2 aromatic heterocycles. The van der Waals surface area contributed by atoms with Crippen molar-refractivity contribution in [2.24, 2.45) is 7.05 Å². The quantitative estimate of drug-likeness (QED) is 0.449. The van der Waals surface area contributed by atoms with Crippen molar-refractivity contribution >= 4 is 15.8 Å². The van der Waals surface area contributed by atoms with Crippen LogP contribution in [0.4, 0.5) is 5.95 Å². The van der Waals surface area contributed by atoms with Gasteiger partial charge in [-0.25, -0.2) is 13.4 Å². The SMILES string of the molecule is Cn1c(N2CCN[C@@H](c3ccc(-c4ccc(S(C)(=O)=O)cc4)cc3)C2)nc(-c2ccncc2)cc1=O. The normalized spacial score (nSPS) is 16.2. The smallest absolute Gasteiger partial charge is 0.255 e. The molecule has 5 rings (SSSR count). The van der Waals surface area contributed by atoms with Gasteiger partial charge in [-0.3, -0.25) is 14.3 Å². The van der Waals surface area contributed by atoms with Crippen LogP contribution < -0.4 is 15.8 Å². The lowest BCUT2D eigenvalue weighted by molar-refractivity contribution is 0.462. The average Bonchev–Trinajstić information content (AvgIpc) is 2.90. The van der Waals surface area contributed by atoms with E-state index in [1.807, 2.05) is 36.4 Å². The first-order valence-electron chi connectivity index (χ1n) is 11.7. The Hall–Kier alpha value is -3.82. The van der Waals surface area contributed by atoms with Gasteiger partial charge in [0.05, 0.1) is 10.6 Å². The molecule has 1 aliphatic rings. The minimum atomic E-state index is -3.22. The van der Waals surface area contributed by atoms with Crippen LogP contribution in [0.1, 0.15) is 11.6 Å². The molecular weight excluding hydrogens is 474 g/mol. The van der Waals surface area contributed by atoms with E-state index in [1.165, 1.54) is 6.26 Å². The number of aromatic nitrogens is 3. The molecule has 0 saturated carbocycles. The Morgan fingerprint density at radius 3 is 2.19 bits per heavy atom. The number of nitrogens with one attached hydrogen (secondary N) is 1. The minimum Gasteiger partial charge on any atom is -0.339 e. The number of hydrogen-bond acceptors (Lipinski definition) is 7. The average molecular weight is 502 g/mol. The van der Waals surface area contributed by atoms with Gasteiger partial charge in [0.15, 0.2) is 9.84 Å². The molecule has 1 saturated heterocycles. The largest absolute Gasteiger partial charge is 0.339 e. The standard InChI is InChI=1S/C27H27N5O3S/c1-31-26(33)17-24(22-11-13-28-14-12-22)30-27(31)32-16-15-29-25(18-32)21-5-3-19(4-6-21)20-7-9-23(10-8-20)36(2,34)35/h3-14,17,25,29H,15-16,18H2,1-2H3/t25-/m1/s1. The number of hydrogen-bond donors (Lipinski definition) is 1. The molecule has 184 valence electrons. The lowest BCUT2D eigenvalue weighted by Crippen LogP contribution is -2.47. The summed E-state index contributed by atoms with van der Waals surface area (Å²) in [6, 6.07) is 20.5. The summed E-state index contributed by atoms with van der Waals surface area (Å²) in [6.45, 7) is 2.17. The minimum absolute atomic E-state index is 0.0712. The highest BCUT2D eigenvalue weighted by atomic mass is 32.2. The molecular formula is C27H27N5O3S. The Morgan fingerprint density at radius 2 is 1.56 bits per heavy atom. The van der Waals surface area contributed by atoms with Gasteiger partial charge in [-0.15, -0.1) is 0 Å². The monoisotopic (exact) mass is 501 g/mol. The molecule has 8 nitrogen and oxygen atoms in total. The molecule has 1 fully saturated rings.